The van der Waals surface area contributed by atoms with Crippen molar-refractivity contribution in [3.05, 3.63) is 72.3 Å². The molecule has 1 saturated heterocycles. The third-order valence-corrected chi connectivity index (χ3v) is 6.44. The fourth-order valence-corrected chi connectivity index (χ4v) is 4.93. The maximum absolute atomic E-state index is 11.7. The molecule has 8 nitrogen and oxygen atoms in total. The number of thiocarbonyl (C=S) groups is 1. The van der Waals surface area contributed by atoms with E-state index >= 15 is 0 Å². The summed E-state index contributed by atoms with van der Waals surface area (Å²) in [5.41, 5.74) is 3.12. The maximum Gasteiger partial charge on any atom is 0.229 e. The van der Waals surface area contributed by atoms with Crippen molar-refractivity contribution >= 4 is 38.7 Å². The van der Waals surface area contributed by atoms with E-state index in [1.165, 1.54) is 7.11 Å². The SMILES string of the molecule is COc1cc(N2C(=S)N[C@@H](c3ccccn3)[C@@H]2c2ccn(C(C)C)c2)ccc1NS(C)(=O)=O. The Morgan fingerprint density at radius 2 is 2.00 bits per heavy atom. The van der Waals surface area contributed by atoms with Gasteiger partial charge in [0.15, 0.2) is 5.11 Å². The van der Waals surface area contributed by atoms with E-state index in [1.54, 1.807) is 18.3 Å². The van der Waals surface area contributed by atoms with Crippen LogP contribution in [0.15, 0.2) is 61.1 Å². The number of hydrogen-bond donors (Lipinski definition) is 2. The number of benzene rings is 1. The van der Waals surface area contributed by atoms with E-state index in [-0.39, 0.29) is 12.1 Å². The lowest BCUT2D eigenvalue weighted by atomic mass is 9.98. The monoisotopic (exact) mass is 485 g/mol. The van der Waals surface area contributed by atoms with Gasteiger partial charge in [0, 0.05) is 36.4 Å². The number of sulfonamides is 1. The second kappa shape index (κ2) is 9.03. The summed E-state index contributed by atoms with van der Waals surface area (Å²) in [6.07, 6.45) is 7.07. The summed E-state index contributed by atoms with van der Waals surface area (Å²) in [5.74, 6) is 0.403. The zero-order valence-electron chi connectivity index (χ0n) is 18.9. The lowest BCUT2D eigenvalue weighted by Gasteiger charge is -2.28. The second-order valence-corrected chi connectivity index (χ2v) is 10.4. The van der Waals surface area contributed by atoms with Gasteiger partial charge in [0.2, 0.25) is 10.0 Å². The van der Waals surface area contributed by atoms with Crippen LogP contribution in [0.5, 0.6) is 5.75 Å². The minimum atomic E-state index is -3.45. The molecule has 0 amide bonds. The van der Waals surface area contributed by atoms with E-state index in [2.05, 4.69) is 51.9 Å². The van der Waals surface area contributed by atoms with Gasteiger partial charge in [-0.15, -0.1) is 0 Å². The van der Waals surface area contributed by atoms with Crippen molar-refractivity contribution in [3.63, 3.8) is 0 Å². The second-order valence-electron chi connectivity index (χ2n) is 8.24. The highest BCUT2D eigenvalue weighted by atomic mass is 32.2. The highest BCUT2D eigenvalue weighted by molar-refractivity contribution is 7.92. The van der Waals surface area contributed by atoms with Crippen LogP contribution in [-0.2, 0) is 10.0 Å². The number of nitrogens with one attached hydrogen (secondary N) is 2. The Balaban J connectivity index is 1.80. The smallest absolute Gasteiger partial charge is 0.229 e. The fraction of sp³-hybridized carbons (Fsp3) is 0.304. The quantitative estimate of drug-likeness (QED) is 0.489. The number of aromatic nitrogens is 2. The molecule has 1 fully saturated rings. The minimum absolute atomic E-state index is 0.161. The van der Waals surface area contributed by atoms with Crippen LogP contribution in [0.25, 0.3) is 0 Å². The standard InChI is InChI=1S/C23H27N5O3S2/c1-15(2)27-12-10-16(14-27)22-21(19-7-5-6-11-24-19)25-23(32)28(22)17-8-9-18(20(13-17)31-3)26-33(4,29)30/h5-15,21-22,26H,1-4H3,(H,25,32)/t21-,22-/m0/s1. The molecule has 4 rings (SSSR count). The molecular weight excluding hydrogens is 458 g/mol. The van der Waals surface area contributed by atoms with Crippen molar-refractivity contribution in [3.8, 4) is 5.75 Å². The van der Waals surface area contributed by atoms with Crippen LogP contribution in [-0.4, -0.2) is 36.4 Å². The first-order valence-corrected chi connectivity index (χ1v) is 12.8. The van der Waals surface area contributed by atoms with Crippen molar-refractivity contribution in [2.45, 2.75) is 32.0 Å². The highest BCUT2D eigenvalue weighted by Crippen LogP contribution is 2.43. The molecule has 0 spiro atoms. The Labute approximate surface area is 199 Å². The minimum Gasteiger partial charge on any atom is -0.494 e. The molecule has 174 valence electrons. The van der Waals surface area contributed by atoms with Gasteiger partial charge in [-0.05, 0) is 62.0 Å². The van der Waals surface area contributed by atoms with Crippen molar-refractivity contribution in [1.29, 1.82) is 0 Å². The third-order valence-electron chi connectivity index (χ3n) is 5.53. The summed E-state index contributed by atoms with van der Waals surface area (Å²) in [6, 6.07) is 13.2. The van der Waals surface area contributed by atoms with Crippen LogP contribution in [0.3, 0.4) is 0 Å². The molecule has 3 heterocycles. The Bertz CT molecular complexity index is 1260. The van der Waals surface area contributed by atoms with E-state index in [0.29, 0.717) is 22.6 Å². The van der Waals surface area contributed by atoms with E-state index in [1.807, 2.05) is 29.2 Å². The molecule has 0 saturated carbocycles. The summed E-state index contributed by atoms with van der Waals surface area (Å²) in [7, 11) is -1.95. The number of anilines is 2. The van der Waals surface area contributed by atoms with Crippen LogP contribution < -0.4 is 19.7 Å². The Kier molecular flexibility index (Phi) is 6.31. The lowest BCUT2D eigenvalue weighted by molar-refractivity contribution is 0.417. The average molecular weight is 486 g/mol. The van der Waals surface area contributed by atoms with Crippen molar-refractivity contribution in [2.75, 3.05) is 23.0 Å². The van der Waals surface area contributed by atoms with Gasteiger partial charge in [0.25, 0.3) is 0 Å². The van der Waals surface area contributed by atoms with Crippen molar-refractivity contribution < 1.29 is 13.2 Å². The number of ether oxygens (including phenoxy) is 1. The van der Waals surface area contributed by atoms with E-state index in [4.69, 9.17) is 17.0 Å². The predicted molar refractivity (Wildman–Crippen MR) is 134 cm³/mol. The van der Waals surface area contributed by atoms with Crippen LogP contribution in [0.4, 0.5) is 11.4 Å². The molecule has 0 aliphatic carbocycles. The van der Waals surface area contributed by atoms with Gasteiger partial charge in [-0.2, -0.15) is 0 Å². The van der Waals surface area contributed by atoms with Crippen molar-refractivity contribution in [2.24, 2.45) is 0 Å². The summed E-state index contributed by atoms with van der Waals surface area (Å²) in [4.78, 5) is 6.60. The number of nitrogens with zero attached hydrogens (tertiary/aromatic N) is 3. The summed E-state index contributed by atoms with van der Waals surface area (Å²) in [5, 5.41) is 3.98. The average Bonchev–Trinajstić information content (AvgIpc) is 3.38. The molecule has 2 N–H and O–H groups in total. The van der Waals surface area contributed by atoms with Gasteiger partial charge in [0.05, 0.1) is 36.8 Å². The Morgan fingerprint density at radius 3 is 2.61 bits per heavy atom. The fourth-order valence-electron chi connectivity index (χ4n) is 4.01. The third kappa shape index (κ3) is 4.81. The van der Waals surface area contributed by atoms with Crippen LogP contribution in [0.1, 0.15) is 43.2 Å². The number of hydrogen-bond acceptors (Lipinski definition) is 5. The van der Waals surface area contributed by atoms with Gasteiger partial charge in [0.1, 0.15) is 5.75 Å². The molecule has 10 heteroatoms. The predicted octanol–water partition coefficient (Wildman–Crippen LogP) is 4.02. The number of pyridine rings is 1. The van der Waals surface area contributed by atoms with Crippen molar-refractivity contribution in [1.82, 2.24) is 14.9 Å². The molecule has 0 radical (unpaired) electrons. The molecule has 1 aromatic carbocycles. The highest BCUT2D eigenvalue weighted by Gasteiger charge is 2.41. The molecule has 1 aliphatic rings. The van der Waals surface area contributed by atoms with Gasteiger partial charge in [-0.3, -0.25) is 9.71 Å². The first-order valence-electron chi connectivity index (χ1n) is 10.5. The van der Waals surface area contributed by atoms with Gasteiger partial charge in [-0.25, -0.2) is 8.42 Å². The van der Waals surface area contributed by atoms with E-state index in [9.17, 15) is 8.42 Å². The molecule has 1 aliphatic heterocycles. The molecule has 0 unspecified atom stereocenters. The first kappa shape index (κ1) is 23.1. The lowest BCUT2D eigenvalue weighted by Crippen LogP contribution is -2.29. The molecule has 2 atom stereocenters. The number of rotatable bonds is 7. The van der Waals surface area contributed by atoms with Gasteiger partial charge in [-0.1, -0.05) is 6.07 Å². The molecule has 2 aromatic heterocycles. The summed E-state index contributed by atoms with van der Waals surface area (Å²) in [6.45, 7) is 4.27. The normalized spacial score (nSPS) is 18.5. The molecule has 33 heavy (non-hydrogen) atoms. The molecule has 0 bridgehead atoms. The molecular formula is C23H27N5O3S2. The summed E-state index contributed by atoms with van der Waals surface area (Å²) < 4.78 is 33.6. The topological polar surface area (TPSA) is 88.5 Å². The zero-order chi connectivity index (χ0) is 23.8. The maximum atomic E-state index is 11.7. The number of methoxy groups -OCH3 is 1. The van der Waals surface area contributed by atoms with Gasteiger partial charge >= 0.3 is 0 Å². The van der Waals surface area contributed by atoms with Gasteiger partial charge < -0.3 is 19.5 Å². The van der Waals surface area contributed by atoms with Crippen LogP contribution in [0, 0.1) is 0 Å². The Hall–Kier alpha value is -3.11. The molecule has 3 aromatic rings. The Morgan fingerprint density at radius 1 is 1.21 bits per heavy atom. The first-order chi connectivity index (χ1) is 15.7. The summed E-state index contributed by atoms with van der Waals surface area (Å²) >= 11 is 5.76. The zero-order valence-corrected chi connectivity index (χ0v) is 20.5. The van der Waals surface area contributed by atoms with Crippen LogP contribution >= 0.6 is 12.2 Å². The largest absolute Gasteiger partial charge is 0.494 e. The van der Waals surface area contributed by atoms with Crippen LogP contribution in [0.2, 0.25) is 0 Å². The van der Waals surface area contributed by atoms with E-state index in [0.717, 1.165) is 23.2 Å². The van der Waals surface area contributed by atoms with E-state index < -0.39 is 10.0 Å².